The lowest BCUT2D eigenvalue weighted by Gasteiger charge is -2.36. The number of halogens is 5. The zero-order chi connectivity index (χ0) is 24.1. The fraction of sp³-hybridized carbons (Fsp3) is 0.476. The van der Waals surface area contributed by atoms with Crippen LogP contribution in [0.3, 0.4) is 0 Å². The summed E-state index contributed by atoms with van der Waals surface area (Å²) in [7, 11) is 1.50. The summed E-state index contributed by atoms with van der Waals surface area (Å²) < 4.78 is 75.0. The molecule has 0 radical (unpaired) electrons. The number of fused-ring (bicyclic) bond motifs is 1. The third kappa shape index (κ3) is 4.19. The first-order chi connectivity index (χ1) is 15.5. The van der Waals surface area contributed by atoms with Crippen LogP contribution in [0, 0.1) is 17.6 Å². The second kappa shape index (κ2) is 8.40. The molecule has 1 aromatic carbocycles. The maximum absolute atomic E-state index is 14.6. The predicted molar refractivity (Wildman–Crippen MR) is 110 cm³/mol. The topological polar surface area (TPSA) is 76.3 Å². The summed E-state index contributed by atoms with van der Waals surface area (Å²) >= 11 is 0. The van der Waals surface area contributed by atoms with E-state index in [0.29, 0.717) is 37.7 Å². The molecule has 7 nitrogen and oxygen atoms in total. The minimum absolute atomic E-state index is 0.0460. The van der Waals surface area contributed by atoms with Gasteiger partial charge in [-0.2, -0.15) is 23.3 Å². The molecule has 3 aromatic rings. The maximum Gasteiger partial charge on any atom is 0.419 e. The SMILES string of the molecule is CC(C)CC1COCCN1c1ncc2c(-c3cc(C(F)(F)F)c(F)c(O)c3F)nn(C)c2n1. The van der Waals surface area contributed by atoms with Crippen LogP contribution >= 0.6 is 0 Å². The number of hydrogen-bond acceptors (Lipinski definition) is 6. The van der Waals surface area contributed by atoms with Crippen molar-refractivity contribution in [2.45, 2.75) is 32.5 Å². The summed E-state index contributed by atoms with van der Waals surface area (Å²) in [6.45, 7) is 5.74. The number of morpholine rings is 1. The predicted octanol–water partition coefficient (Wildman–Crippen LogP) is 4.28. The Balaban J connectivity index is 1.82. The Hall–Kier alpha value is -3.02. The van der Waals surface area contributed by atoms with Crippen molar-refractivity contribution < 1.29 is 31.8 Å². The monoisotopic (exact) mass is 471 g/mol. The number of rotatable bonds is 4. The summed E-state index contributed by atoms with van der Waals surface area (Å²) in [5, 5.41) is 13.9. The largest absolute Gasteiger partial charge is 0.503 e. The van der Waals surface area contributed by atoms with Crippen LogP contribution in [0.2, 0.25) is 0 Å². The molecule has 1 fully saturated rings. The quantitative estimate of drug-likeness (QED) is 0.573. The molecule has 3 heterocycles. The number of anilines is 1. The molecule has 0 bridgehead atoms. The number of ether oxygens (including phenoxy) is 1. The summed E-state index contributed by atoms with van der Waals surface area (Å²) in [6, 6.07) is 0.338. The molecule has 1 aliphatic rings. The van der Waals surface area contributed by atoms with Crippen molar-refractivity contribution in [3.05, 3.63) is 29.5 Å². The first-order valence-corrected chi connectivity index (χ1v) is 10.3. The third-order valence-corrected chi connectivity index (χ3v) is 5.53. The molecular weight excluding hydrogens is 449 g/mol. The Bertz CT molecular complexity index is 1190. The summed E-state index contributed by atoms with van der Waals surface area (Å²) in [5.74, 6) is -4.55. The minimum Gasteiger partial charge on any atom is -0.503 e. The highest BCUT2D eigenvalue weighted by Crippen LogP contribution is 2.41. The highest BCUT2D eigenvalue weighted by molar-refractivity contribution is 5.91. The number of phenolic OH excluding ortho intramolecular Hbond substituents is 1. The van der Waals surface area contributed by atoms with Gasteiger partial charge >= 0.3 is 6.18 Å². The van der Waals surface area contributed by atoms with Gasteiger partial charge in [-0.1, -0.05) is 13.8 Å². The van der Waals surface area contributed by atoms with E-state index in [1.165, 1.54) is 17.9 Å². The van der Waals surface area contributed by atoms with Crippen molar-refractivity contribution in [2.24, 2.45) is 13.0 Å². The number of hydrogen-bond donors (Lipinski definition) is 1. The van der Waals surface area contributed by atoms with Gasteiger partial charge in [-0.15, -0.1) is 0 Å². The van der Waals surface area contributed by atoms with Crippen molar-refractivity contribution in [1.82, 2.24) is 19.7 Å². The van der Waals surface area contributed by atoms with Gasteiger partial charge in [-0.25, -0.2) is 18.4 Å². The second-order valence-corrected chi connectivity index (χ2v) is 8.38. The van der Waals surface area contributed by atoms with E-state index in [1.807, 2.05) is 4.90 Å². The molecule has 178 valence electrons. The molecule has 1 atom stereocenters. The molecule has 33 heavy (non-hydrogen) atoms. The molecule has 0 amide bonds. The van der Waals surface area contributed by atoms with Crippen molar-refractivity contribution in [2.75, 3.05) is 24.7 Å². The summed E-state index contributed by atoms with van der Waals surface area (Å²) in [5.41, 5.74) is -2.48. The van der Waals surface area contributed by atoms with E-state index >= 15 is 0 Å². The fourth-order valence-corrected chi connectivity index (χ4v) is 4.02. The number of alkyl halides is 3. The Labute approximate surface area is 185 Å². The van der Waals surface area contributed by atoms with E-state index in [0.717, 1.165) is 6.42 Å². The average Bonchev–Trinajstić information content (AvgIpc) is 3.07. The molecule has 12 heteroatoms. The van der Waals surface area contributed by atoms with Crippen molar-refractivity contribution in [3.8, 4) is 17.0 Å². The smallest absolute Gasteiger partial charge is 0.419 e. The fourth-order valence-electron chi connectivity index (χ4n) is 4.02. The lowest BCUT2D eigenvalue weighted by atomic mass is 10.0. The normalized spacial score (nSPS) is 17.4. The Morgan fingerprint density at radius 2 is 1.97 bits per heavy atom. The van der Waals surface area contributed by atoms with Crippen LogP contribution in [0.15, 0.2) is 12.3 Å². The van der Waals surface area contributed by atoms with Crippen LogP contribution in [0.5, 0.6) is 5.75 Å². The number of nitrogens with zero attached hydrogens (tertiary/aromatic N) is 5. The minimum atomic E-state index is -5.14. The first kappa shape index (κ1) is 23.1. The van der Waals surface area contributed by atoms with Gasteiger partial charge < -0.3 is 14.7 Å². The lowest BCUT2D eigenvalue weighted by Crippen LogP contribution is -2.47. The third-order valence-electron chi connectivity index (χ3n) is 5.53. The molecule has 0 aliphatic carbocycles. The van der Waals surface area contributed by atoms with Crippen LogP contribution in [-0.2, 0) is 18.0 Å². The van der Waals surface area contributed by atoms with Gasteiger partial charge in [0.15, 0.2) is 23.0 Å². The van der Waals surface area contributed by atoms with Crippen molar-refractivity contribution in [1.29, 1.82) is 0 Å². The Morgan fingerprint density at radius 3 is 2.64 bits per heavy atom. The van der Waals surface area contributed by atoms with Gasteiger partial charge in [-0.3, -0.25) is 0 Å². The van der Waals surface area contributed by atoms with Crippen LogP contribution in [-0.4, -0.2) is 50.7 Å². The molecular formula is C21H22F5N5O2. The van der Waals surface area contributed by atoms with Gasteiger partial charge in [0, 0.05) is 25.4 Å². The van der Waals surface area contributed by atoms with Crippen molar-refractivity contribution in [3.63, 3.8) is 0 Å². The van der Waals surface area contributed by atoms with E-state index in [1.54, 1.807) is 0 Å². The average molecular weight is 471 g/mol. The van der Waals surface area contributed by atoms with Gasteiger partial charge in [-0.05, 0) is 18.4 Å². The molecule has 0 spiro atoms. The number of benzene rings is 1. The van der Waals surface area contributed by atoms with Gasteiger partial charge in [0.1, 0.15) is 5.69 Å². The van der Waals surface area contributed by atoms with E-state index in [9.17, 15) is 27.1 Å². The van der Waals surface area contributed by atoms with Crippen LogP contribution in [0.1, 0.15) is 25.8 Å². The van der Waals surface area contributed by atoms with Gasteiger partial charge in [0.2, 0.25) is 5.95 Å². The molecule has 1 aliphatic heterocycles. The van der Waals surface area contributed by atoms with Crippen LogP contribution in [0.25, 0.3) is 22.3 Å². The van der Waals surface area contributed by atoms with Gasteiger partial charge in [0.25, 0.3) is 0 Å². The molecule has 2 aromatic heterocycles. The number of aryl methyl sites for hydroxylation is 1. The van der Waals surface area contributed by atoms with E-state index in [2.05, 4.69) is 28.9 Å². The lowest BCUT2D eigenvalue weighted by molar-refractivity contribution is -0.140. The maximum atomic E-state index is 14.6. The van der Waals surface area contributed by atoms with Gasteiger partial charge in [0.05, 0.1) is 30.2 Å². The molecule has 1 unspecified atom stereocenters. The van der Waals surface area contributed by atoms with Crippen LogP contribution in [0.4, 0.5) is 27.9 Å². The molecule has 0 saturated carbocycles. The Kier molecular flexibility index (Phi) is 5.89. The molecule has 1 N–H and O–H groups in total. The zero-order valence-electron chi connectivity index (χ0n) is 18.1. The standard InChI is InChI=1S/C21H22F5N5O2/c1-10(2)6-11-9-33-5-4-31(11)20-27-8-13-17(29-30(3)19(13)28-20)12-7-14(21(24,25)26)16(23)18(32)15(12)22/h7-8,10-11,32H,4-6,9H2,1-3H3. The number of aromatic nitrogens is 4. The van der Waals surface area contributed by atoms with E-state index in [4.69, 9.17) is 4.74 Å². The highest BCUT2D eigenvalue weighted by atomic mass is 19.4. The van der Waals surface area contributed by atoms with Crippen LogP contribution < -0.4 is 4.90 Å². The molecule has 4 rings (SSSR count). The van der Waals surface area contributed by atoms with E-state index < -0.39 is 34.7 Å². The zero-order valence-corrected chi connectivity index (χ0v) is 18.1. The molecule has 1 saturated heterocycles. The number of phenols is 1. The number of aromatic hydroxyl groups is 1. The first-order valence-electron chi connectivity index (χ1n) is 10.3. The summed E-state index contributed by atoms with van der Waals surface area (Å²) in [4.78, 5) is 10.9. The Morgan fingerprint density at radius 1 is 1.24 bits per heavy atom. The highest BCUT2D eigenvalue weighted by Gasteiger charge is 2.38. The van der Waals surface area contributed by atoms with Crippen molar-refractivity contribution >= 4 is 17.0 Å². The second-order valence-electron chi connectivity index (χ2n) is 8.38. The summed E-state index contributed by atoms with van der Waals surface area (Å²) in [6.07, 6.45) is -2.95. The van der Waals surface area contributed by atoms with E-state index in [-0.39, 0.29) is 22.8 Å².